The third kappa shape index (κ3) is 19.9. The van der Waals surface area contributed by atoms with Crippen LogP contribution in [-0.4, -0.2) is 19.9 Å². The van der Waals surface area contributed by atoms with Crippen molar-refractivity contribution in [2.24, 2.45) is 22.7 Å². The van der Waals surface area contributed by atoms with Crippen LogP contribution in [0.4, 0.5) is 4.39 Å². The van der Waals surface area contributed by atoms with Gasteiger partial charge in [0.05, 0.1) is 5.69 Å². The second-order valence-corrected chi connectivity index (χ2v) is 14.6. The van der Waals surface area contributed by atoms with Crippen molar-refractivity contribution in [3.05, 3.63) is 119 Å². The Balaban J connectivity index is 0.000000293. The van der Waals surface area contributed by atoms with Gasteiger partial charge in [-0.15, -0.1) is 0 Å². The van der Waals surface area contributed by atoms with Gasteiger partial charge in [0.2, 0.25) is 0 Å². The van der Waals surface area contributed by atoms with E-state index in [-0.39, 0.29) is 11.2 Å². The molecule has 0 aliphatic rings. The Morgan fingerprint density at radius 2 is 1.16 bits per heavy atom. The third-order valence-corrected chi connectivity index (χ3v) is 6.14. The summed E-state index contributed by atoms with van der Waals surface area (Å²) in [4.78, 5) is 16.5. The molecule has 1 aromatic carbocycles. The molecule has 0 radical (unpaired) electrons. The zero-order valence-electron chi connectivity index (χ0n) is 28.6. The maximum Gasteiger partial charge on any atom is 0.144 e. The van der Waals surface area contributed by atoms with Crippen LogP contribution in [0, 0.1) is 28.5 Å². The molecule has 0 saturated carbocycles. The van der Waals surface area contributed by atoms with Gasteiger partial charge in [-0.25, -0.2) is 14.4 Å². The van der Waals surface area contributed by atoms with Gasteiger partial charge >= 0.3 is 0 Å². The van der Waals surface area contributed by atoms with Crippen LogP contribution in [0.3, 0.4) is 0 Å². The van der Waals surface area contributed by atoms with Crippen molar-refractivity contribution in [2.45, 2.75) is 94.9 Å². The minimum Gasteiger partial charge on any atom is -0.261 e. The van der Waals surface area contributed by atoms with Crippen molar-refractivity contribution in [2.75, 3.05) is 0 Å². The van der Waals surface area contributed by atoms with Gasteiger partial charge < -0.3 is 0 Å². The van der Waals surface area contributed by atoms with E-state index < -0.39 is 0 Å². The molecule has 240 valence electrons. The summed E-state index contributed by atoms with van der Waals surface area (Å²) in [5.41, 5.74) is 3.63. The molecule has 0 fully saturated rings. The molecule has 0 unspecified atom stereocenters. The van der Waals surface area contributed by atoms with Crippen molar-refractivity contribution in [1.29, 1.82) is 0 Å². The van der Waals surface area contributed by atoms with Gasteiger partial charge in [0, 0.05) is 41.9 Å². The molecular formula is C38H54ClFN4. The highest BCUT2D eigenvalue weighted by atomic mass is 35.5. The van der Waals surface area contributed by atoms with E-state index in [1.165, 1.54) is 17.3 Å². The Morgan fingerprint density at radius 1 is 0.614 bits per heavy atom. The molecular weight excluding hydrogens is 567 g/mol. The molecule has 44 heavy (non-hydrogen) atoms. The van der Waals surface area contributed by atoms with Crippen molar-refractivity contribution >= 4 is 11.6 Å². The van der Waals surface area contributed by atoms with Gasteiger partial charge in [0.15, 0.2) is 0 Å². The highest BCUT2D eigenvalue weighted by molar-refractivity contribution is 6.31. The highest BCUT2D eigenvalue weighted by Crippen LogP contribution is 2.19. The van der Waals surface area contributed by atoms with Gasteiger partial charge in [0.1, 0.15) is 11.6 Å². The second-order valence-electron chi connectivity index (χ2n) is 14.2. The maximum absolute atomic E-state index is 12.9. The molecule has 0 aliphatic heterocycles. The van der Waals surface area contributed by atoms with Crippen molar-refractivity contribution in [1.82, 2.24) is 19.9 Å². The number of rotatable bonds is 6. The van der Waals surface area contributed by atoms with Crippen LogP contribution in [0.5, 0.6) is 0 Å². The van der Waals surface area contributed by atoms with E-state index in [9.17, 15) is 4.39 Å². The third-order valence-electron chi connectivity index (χ3n) is 5.77. The van der Waals surface area contributed by atoms with E-state index >= 15 is 0 Å². The van der Waals surface area contributed by atoms with Gasteiger partial charge in [-0.2, -0.15) is 0 Å². The van der Waals surface area contributed by atoms with Crippen LogP contribution in [0.2, 0.25) is 5.02 Å². The molecule has 6 heteroatoms. The predicted octanol–water partition coefficient (Wildman–Crippen LogP) is 10.7. The first kappa shape index (κ1) is 38.8. The van der Waals surface area contributed by atoms with Crippen LogP contribution in [-0.2, 0) is 25.7 Å². The summed E-state index contributed by atoms with van der Waals surface area (Å²) in [7, 11) is 0. The maximum atomic E-state index is 12.9. The number of aromatic nitrogens is 4. The fourth-order valence-corrected chi connectivity index (χ4v) is 4.21. The SMILES string of the molecule is CC(C)(C)Cc1ccccn1.CC(C)(C)Cc1ncccn1.CC(C)Cc1ccccc1Cl.CC(C)Cc1ncccc1F. The minimum absolute atomic E-state index is 0.193. The number of nitrogens with zero attached hydrogens (tertiary/aromatic N) is 4. The second kappa shape index (κ2) is 20.0. The van der Waals surface area contributed by atoms with Crippen molar-refractivity contribution in [3.8, 4) is 0 Å². The molecule has 4 aromatic rings. The van der Waals surface area contributed by atoms with E-state index in [1.807, 2.05) is 56.4 Å². The molecule has 0 spiro atoms. The number of pyridine rings is 2. The summed E-state index contributed by atoms with van der Waals surface area (Å²) >= 11 is 5.97. The molecule has 0 atom stereocenters. The molecule has 0 amide bonds. The molecule has 4 rings (SSSR count). The van der Waals surface area contributed by atoms with E-state index in [1.54, 1.807) is 24.7 Å². The Labute approximate surface area is 272 Å². The first-order valence-corrected chi connectivity index (χ1v) is 15.9. The standard InChI is InChI=1S/C10H13Cl.C10H15N.C9H12FN.C9H14N2/c1-8(2)7-9-5-3-4-6-10(9)11;1-10(2,3)8-9-6-4-5-7-11-9;1-7(2)6-9-8(10)4-3-5-11-9;1-9(2,3)7-8-10-5-4-6-11-8/h3-6,8H,7H2,1-2H3;4-7H,8H2,1-3H3;3-5,7H,6H2,1-2H3;4-6H,7H2,1-3H3. The minimum atomic E-state index is -0.193. The fraction of sp³-hybridized carbons (Fsp3) is 0.474. The smallest absolute Gasteiger partial charge is 0.144 e. The summed E-state index contributed by atoms with van der Waals surface area (Å²) in [6.07, 6.45) is 10.8. The lowest BCUT2D eigenvalue weighted by Crippen LogP contribution is -2.11. The Morgan fingerprint density at radius 3 is 1.66 bits per heavy atom. The molecule has 0 saturated heterocycles. The van der Waals surface area contributed by atoms with Gasteiger partial charge in [-0.1, -0.05) is 105 Å². The first-order valence-electron chi connectivity index (χ1n) is 15.5. The lowest BCUT2D eigenvalue weighted by Gasteiger charge is -2.16. The van der Waals surface area contributed by atoms with Crippen LogP contribution in [0.1, 0.15) is 92.0 Å². The van der Waals surface area contributed by atoms with E-state index in [2.05, 4.69) is 87.5 Å². The summed E-state index contributed by atoms with van der Waals surface area (Å²) in [6, 6.07) is 19.0. The number of hydrogen-bond donors (Lipinski definition) is 0. The Hall–Kier alpha value is -3.18. The average molecular weight is 621 g/mol. The Kier molecular flexibility index (Phi) is 17.6. The van der Waals surface area contributed by atoms with Crippen molar-refractivity contribution in [3.63, 3.8) is 0 Å². The lowest BCUT2D eigenvalue weighted by atomic mass is 9.90. The molecule has 0 bridgehead atoms. The van der Waals surface area contributed by atoms with E-state index in [0.29, 0.717) is 29.4 Å². The Bertz CT molecular complexity index is 1190. The molecule has 4 nitrogen and oxygen atoms in total. The average Bonchev–Trinajstić information content (AvgIpc) is 2.91. The molecule has 0 N–H and O–H groups in total. The molecule has 3 heterocycles. The largest absolute Gasteiger partial charge is 0.261 e. The first-order chi connectivity index (χ1) is 20.6. The van der Waals surface area contributed by atoms with E-state index in [0.717, 1.165) is 30.1 Å². The zero-order chi connectivity index (χ0) is 33.2. The van der Waals surface area contributed by atoms with Crippen molar-refractivity contribution < 1.29 is 4.39 Å². The van der Waals surface area contributed by atoms with Gasteiger partial charge in [0.25, 0.3) is 0 Å². The highest BCUT2D eigenvalue weighted by Gasteiger charge is 2.12. The van der Waals surface area contributed by atoms with Gasteiger partial charge in [-0.3, -0.25) is 9.97 Å². The number of halogens is 2. The summed E-state index contributed by atoms with van der Waals surface area (Å²) in [5, 5.41) is 0.890. The zero-order valence-corrected chi connectivity index (χ0v) is 29.4. The van der Waals surface area contributed by atoms with Crippen LogP contribution >= 0.6 is 11.6 Å². The lowest BCUT2D eigenvalue weighted by molar-refractivity contribution is 0.400. The molecule has 0 aliphatic carbocycles. The number of hydrogen-bond acceptors (Lipinski definition) is 4. The van der Waals surface area contributed by atoms with Crippen LogP contribution < -0.4 is 0 Å². The normalized spacial score (nSPS) is 11.0. The molecule has 3 aromatic heterocycles. The fourth-order valence-electron chi connectivity index (χ4n) is 4.00. The summed E-state index contributed by atoms with van der Waals surface area (Å²) in [6.45, 7) is 21.7. The summed E-state index contributed by atoms with van der Waals surface area (Å²) in [5.74, 6) is 1.87. The number of benzene rings is 1. The summed E-state index contributed by atoms with van der Waals surface area (Å²) < 4.78 is 12.9. The topological polar surface area (TPSA) is 51.6 Å². The van der Waals surface area contributed by atoms with Crippen LogP contribution in [0.25, 0.3) is 0 Å². The quantitative estimate of drug-likeness (QED) is 0.215. The predicted molar refractivity (Wildman–Crippen MR) is 185 cm³/mol. The van der Waals surface area contributed by atoms with Crippen LogP contribution in [0.15, 0.2) is 85.5 Å². The monoisotopic (exact) mass is 620 g/mol. The van der Waals surface area contributed by atoms with E-state index in [4.69, 9.17) is 11.6 Å². The van der Waals surface area contributed by atoms with Gasteiger partial charge in [-0.05, 0) is 83.9 Å².